The van der Waals surface area contributed by atoms with Gasteiger partial charge in [0.05, 0.1) is 5.52 Å². The highest BCUT2D eigenvalue weighted by atomic mass is 32.2. The van der Waals surface area contributed by atoms with E-state index in [0.29, 0.717) is 18.6 Å². The Hall–Kier alpha value is -2.52. The van der Waals surface area contributed by atoms with Crippen LogP contribution in [0.25, 0.3) is 11.2 Å². The first-order valence-electron chi connectivity index (χ1n) is 12.0. The lowest BCUT2D eigenvalue weighted by molar-refractivity contribution is 0.170. The summed E-state index contributed by atoms with van der Waals surface area (Å²) in [5.41, 5.74) is 1.80. The van der Waals surface area contributed by atoms with Gasteiger partial charge in [-0.25, -0.2) is 27.3 Å². The summed E-state index contributed by atoms with van der Waals surface area (Å²) in [7, 11) is -2.29. The lowest BCUT2D eigenvalue weighted by Gasteiger charge is -2.42. The fourth-order valence-corrected chi connectivity index (χ4v) is 6.47. The van der Waals surface area contributed by atoms with Gasteiger partial charge in [-0.2, -0.15) is 0 Å². The van der Waals surface area contributed by atoms with Crippen molar-refractivity contribution >= 4 is 21.2 Å². The monoisotopic (exact) mass is 502 g/mol. The molecule has 190 valence electrons. The number of aromatic nitrogens is 3. The number of hydrogen-bond acceptors (Lipinski definition) is 4. The summed E-state index contributed by atoms with van der Waals surface area (Å²) < 4.78 is 46.4. The average Bonchev–Trinajstić information content (AvgIpc) is 2.98. The van der Waals surface area contributed by atoms with E-state index in [0.717, 1.165) is 30.1 Å². The van der Waals surface area contributed by atoms with Gasteiger partial charge < -0.3 is 0 Å². The molecule has 1 aromatic carbocycles. The van der Waals surface area contributed by atoms with Crippen molar-refractivity contribution in [2.24, 2.45) is 17.9 Å². The van der Waals surface area contributed by atoms with E-state index in [1.165, 1.54) is 18.2 Å². The van der Waals surface area contributed by atoms with Gasteiger partial charge in [0.2, 0.25) is 10.0 Å². The Morgan fingerprint density at radius 3 is 2.51 bits per heavy atom. The second-order valence-corrected chi connectivity index (χ2v) is 13.3. The molecular weight excluding hydrogens is 467 g/mol. The second-order valence-electron chi connectivity index (χ2n) is 11.6. The number of nitrogens with zero attached hydrogens (tertiary/aromatic N) is 3. The first-order chi connectivity index (χ1) is 16.2. The number of halogens is 1. The van der Waals surface area contributed by atoms with Crippen molar-refractivity contribution in [3.05, 3.63) is 58.4 Å². The Morgan fingerprint density at radius 2 is 1.86 bits per heavy atom. The minimum atomic E-state index is -4.02. The molecule has 0 spiro atoms. The molecule has 2 aromatic heterocycles. The minimum absolute atomic E-state index is 0.0156. The van der Waals surface area contributed by atoms with Crippen molar-refractivity contribution in [1.82, 2.24) is 18.8 Å². The van der Waals surface area contributed by atoms with Crippen LogP contribution in [0.1, 0.15) is 65.5 Å². The Morgan fingerprint density at radius 1 is 1.17 bits per heavy atom. The molecule has 0 saturated heterocycles. The molecule has 1 aliphatic carbocycles. The first kappa shape index (κ1) is 25.6. The predicted molar refractivity (Wildman–Crippen MR) is 135 cm³/mol. The molecule has 0 radical (unpaired) electrons. The number of sulfonamides is 1. The SMILES string of the molecule is Cn1c(=O)n(CC(C)(C)C)c2ccc(C3CCC(C)(C)C(NS(=O)(=O)c4ccccc4F)C3)nc21. The van der Waals surface area contributed by atoms with Crippen molar-refractivity contribution < 1.29 is 12.8 Å². The van der Waals surface area contributed by atoms with Crippen LogP contribution in [0.5, 0.6) is 0 Å². The van der Waals surface area contributed by atoms with Gasteiger partial charge in [0, 0.05) is 31.2 Å². The highest BCUT2D eigenvalue weighted by molar-refractivity contribution is 7.89. The molecule has 7 nitrogen and oxygen atoms in total. The number of fused-ring (bicyclic) bond motifs is 1. The maximum Gasteiger partial charge on any atom is 0.330 e. The molecule has 1 N–H and O–H groups in total. The van der Waals surface area contributed by atoms with Crippen molar-refractivity contribution in [3.63, 3.8) is 0 Å². The van der Waals surface area contributed by atoms with E-state index in [4.69, 9.17) is 4.98 Å². The zero-order valence-electron chi connectivity index (χ0n) is 21.3. The van der Waals surface area contributed by atoms with Crippen molar-refractivity contribution in [2.75, 3.05) is 0 Å². The molecular formula is C26H35FN4O3S. The van der Waals surface area contributed by atoms with Crippen molar-refractivity contribution in [2.45, 2.75) is 77.3 Å². The highest BCUT2D eigenvalue weighted by Crippen LogP contribution is 2.43. The minimum Gasteiger partial charge on any atom is -0.290 e. The fourth-order valence-electron chi connectivity index (χ4n) is 4.97. The molecule has 35 heavy (non-hydrogen) atoms. The van der Waals surface area contributed by atoms with Gasteiger partial charge >= 0.3 is 5.69 Å². The number of aryl methyl sites for hydroxylation is 1. The molecule has 0 bridgehead atoms. The maximum atomic E-state index is 14.2. The summed E-state index contributed by atoms with van der Waals surface area (Å²) >= 11 is 0. The number of imidazole rings is 1. The number of rotatable bonds is 5. The highest BCUT2D eigenvalue weighted by Gasteiger charge is 2.40. The largest absolute Gasteiger partial charge is 0.330 e. The summed E-state index contributed by atoms with van der Waals surface area (Å²) in [6.07, 6.45) is 2.17. The van der Waals surface area contributed by atoms with Crippen LogP contribution in [0, 0.1) is 16.6 Å². The molecule has 9 heteroatoms. The van der Waals surface area contributed by atoms with Gasteiger partial charge in [-0.05, 0) is 54.4 Å². The molecule has 1 saturated carbocycles. The summed E-state index contributed by atoms with van der Waals surface area (Å²) in [5, 5.41) is 0. The van der Waals surface area contributed by atoms with Crippen molar-refractivity contribution in [1.29, 1.82) is 0 Å². The summed E-state index contributed by atoms with van der Waals surface area (Å²) in [4.78, 5) is 17.4. The van der Waals surface area contributed by atoms with Crippen LogP contribution in [-0.2, 0) is 23.6 Å². The maximum absolute atomic E-state index is 14.2. The third-order valence-electron chi connectivity index (χ3n) is 7.08. The molecule has 2 heterocycles. The number of pyridine rings is 1. The molecule has 2 atom stereocenters. The van der Waals surface area contributed by atoms with E-state index in [2.05, 4.69) is 25.5 Å². The molecule has 2 unspecified atom stereocenters. The Bertz CT molecular complexity index is 1420. The lowest BCUT2D eigenvalue weighted by atomic mass is 9.69. The quantitative estimate of drug-likeness (QED) is 0.554. The van der Waals surface area contributed by atoms with Crippen LogP contribution >= 0.6 is 0 Å². The number of benzene rings is 1. The van der Waals surface area contributed by atoms with Crippen LogP contribution in [-0.4, -0.2) is 28.6 Å². The topological polar surface area (TPSA) is 86.0 Å². The van der Waals surface area contributed by atoms with Gasteiger partial charge in [0.15, 0.2) is 5.65 Å². The number of nitrogens with one attached hydrogen (secondary N) is 1. The fraction of sp³-hybridized carbons (Fsp3) is 0.538. The van der Waals surface area contributed by atoms with Crippen LogP contribution in [0.4, 0.5) is 4.39 Å². The molecule has 1 fully saturated rings. The van der Waals surface area contributed by atoms with Crippen molar-refractivity contribution in [3.8, 4) is 0 Å². The van der Waals surface area contributed by atoms with E-state index in [1.807, 2.05) is 26.0 Å². The molecule has 1 aliphatic rings. The third-order valence-corrected chi connectivity index (χ3v) is 8.58. The van der Waals surface area contributed by atoms with Gasteiger partial charge in [0.1, 0.15) is 10.7 Å². The summed E-state index contributed by atoms with van der Waals surface area (Å²) in [5.74, 6) is -0.750. The summed E-state index contributed by atoms with van der Waals surface area (Å²) in [6, 6.07) is 8.93. The normalized spacial score (nSPS) is 20.9. The smallest absolute Gasteiger partial charge is 0.290 e. The van der Waals surface area contributed by atoms with Gasteiger partial charge in [-0.3, -0.25) is 9.13 Å². The summed E-state index contributed by atoms with van der Waals surface area (Å²) in [6.45, 7) is 10.9. The standard InChI is InChI=1S/C26H35FN4O3S/c1-25(2,3)16-31-20-12-11-19(28-23(20)30(6)24(31)32)17-13-14-26(4,5)22(15-17)29-35(33,34)21-10-8-7-9-18(21)27/h7-12,17,22,29H,13-16H2,1-6H3. The second kappa shape index (κ2) is 8.85. The lowest BCUT2D eigenvalue weighted by Crippen LogP contribution is -2.48. The van der Waals surface area contributed by atoms with E-state index >= 15 is 0 Å². The number of hydrogen-bond donors (Lipinski definition) is 1. The van der Waals surface area contributed by atoms with E-state index in [1.54, 1.807) is 16.2 Å². The van der Waals surface area contributed by atoms with Crippen LogP contribution < -0.4 is 10.4 Å². The molecule has 0 amide bonds. The Kier molecular flexibility index (Phi) is 6.47. The van der Waals surface area contributed by atoms with Gasteiger partial charge in [-0.1, -0.05) is 46.8 Å². The zero-order chi connectivity index (χ0) is 25.8. The predicted octanol–water partition coefficient (Wildman–Crippen LogP) is 4.56. The Balaban J connectivity index is 1.65. The average molecular weight is 503 g/mol. The zero-order valence-corrected chi connectivity index (χ0v) is 22.1. The van der Waals surface area contributed by atoms with E-state index in [-0.39, 0.29) is 27.3 Å². The van der Waals surface area contributed by atoms with Crippen LogP contribution in [0.2, 0.25) is 0 Å². The third kappa shape index (κ3) is 5.07. The van der Waals surface area contributed by atoms with E-state index in [9.17, 15) is 17.6 Å². The first-order valence-corrected chi connectivity index (χ1v) is 13.5. The molecule has 3 aromatic rings. The van der Waals surface area contributed by atoms with Gasteiger partial charge in [-0.15, -0.1) is 0 Å². The molecule has 0 aliphatic heterocycles. The van der Waals surface area contributed by atoms with Crippen LogP contribution in [0.15, 0.2) is 46.1 Å². The van der Waals surface area contributed by atoms with E-state index < -0.39 is 21.9 Å². The molecule has 4 rings (SSSR count). The van der Waals surface area contributed by atoms with Crippen LogP contribution in [0.3, 0.4) is 0 Å². The Labute approximate surface area is 206 Å². The van der Waals surface area contributed by atoms with Gasteiger partial charge in [0.25, 0.3) is 0 Å².